The van der Waals surface area contributed by atoms with Crippen molar-refractivity contribution in [3.63, 3.8) is 0 Å². The van der Waals surface area contributed by atoms with Gasteiger partial charge in [0.1, 0.15) is 6.04 Å². The summed E-state index contributed by atoms with van der Waals surface area (Å²) in [4.78, 5) is 14.1. The third-order valence-corrected chi connectivity index (χ3v) is 3.76. The van der Waals surface area contributed by atoms with E-state index in [0.29, 0.717) is 0 Å². The van der Waals surface area contributed by atoms with Crippen molar-refractivity contribution in [3.8, 4) is 0 Å². The van der Waals surface area contributed by atoms with Gasteiger partial charge in [0.15, 0.2) is 0 Å². The summed E-state index contributed by atoms with van der Waals surface area (Å²) in [6, 6.07) is 5.97. The number of rotatable bonds is 1. The molecular formula is C12H11BrN2O. The molecule has 1 heterocycles. The Labute approximate surface area is 101 Å². The number of hydrogen-bond donors (Lipinski definition) is 1. The van der Waals surface area contributed by atoms with Crippen molar-refractivity contribution in [2.24, 2.45) is 5.18 Å². The molecule has 1 aromatic heterocycles. The molecule has 3 nitrogen and oxygen atoms in total. The zero-order valence-electron chi connectivity index (χ0n) is 8.66. The molecule has 1 aromatic carbocycles. The molecule has 1 N–H and O–H groups in total. The first-order chi connectivity index (χ1) is 7.79. The van der Waals surface area contributed by atoms with Gasteiger partial charge < -0.3 is 4.98 Å². The van der Waals surface area contributed by atoms with Gasteiger partial charge >= 0.3 is 0 Å². The van der Waals surface area contributed by atoms with Gasteiger partial charge in [-0.15, -0.1) is 0 Å². The molecule has 0 aliphatic heterocycles. The fraction of sp³-hybridized carbons (Fsp3) is 0.333. The number of aromatic amines is 1. The highest BCUT2D eigenvalue weighted by molar-refractivity contribution is 9.10. The Morgan fingerprint density at radius 1 is 1.44 bits per heavy atom. The monoisotopic (exact) mass is 278 g/mol. The summed E-state index contributed by atoms with van der Waals surface area (Å²) in [6.45, 7) is 0. The number of hydrogen-bond acceptors (Lipinski definition) is 2. The number of H-pyrrole nitrogens is 1. The third kappa shape index (κ3) is 1.40. The molecule has 16 heavy (non-hydrogen) atoms. The van der Waals surface area contributed by atoms with Crippen molar-refractivity contribution in [1.82, 2.24) is 4.98 Å². The smallest absolute Gasteiger partial charge is 0.132 e. The van der Waals surface area contributed by atoms with Crippen LogP contribution < -0.4 is 0 Å². The lowest BCUT2D eigenvalue weighted by atomic mass is 9.92. The second kappa shape index (κ2) is 3.70. The largest absolute Gasteiger partial charge is 0.356 e. The van der Waals surface area contributed by atoms with Crippen molar-refractivity contribution >= 4 is 26.8 Å². The fourth-order valence-corrected chi connectivity index (χ4v) is 2.88. The summed E-state index contributed by atoms with van der Waals surface area (Å²) in [7, 11) is 0. The van der Waals surface area contributed by atoms with Gasteiger partial charge in [-0.3, -0.25) is 0 Å². The standard InChI is InChI=1S/C12H11BrN2O/c13-7-4-5-10-9(6-7)8-2-1-3-11(15-16)12(8)14-10/h4-6,11,14H,1-3H2. The third-order valence-electron chi connectivity index (χ3n) is 3.27. The summed E-state index contributed by atoms with van der Waals surface area (Å²) >= 11 is 3.48. The predicted octanol–water partition coefficient (Wildman–Crippen LogP) is 4.07. The Kier molecular flexibility index (Phi) is 2.32. The Balaban J connectivity index is 2.28. The van der Waals surface area contributed by atoms with E-state index < -0.39 is 0 Å². The van der Waals surface area contributed by atoms with Crippen LogP contribution in [0.5, 0.6) is 0 Å². The van der Waals surface area contributed by atoms with Crippen molar-refractivity contribution in [3.05, 3.63) is 38.8 Å². The fourth-order valence-electron chi connectivity index (χ4n) is 2.52. The van der Waals surface area contributed by atoms with Crippen molar-refractivity contribution < 1.29 is 0 Å². The van der Waals surface area contributed by atoms with Crippen LogP contribution in [0.4, 0.5) is 0 Å². The first kappa shape index (κ1) is 10.0. The van der Waals surface area contributed by atoms with Gasteiger partial charge in [-0.25, -0.2) is 0 Å². The molecule has 0 saturated heterocycles. The van der Waals surface area contributed by atoms with Gasteiger partial charge in [-0.1, -0.05) is 21.1 Å². The zero-order chi connectivity index (χ0) is 11.1. The molecule has 4 heteroatoms. The van der Waals surface area contributed by atoms with E-state index in [1.165, 1.54) is 10.9 Å². The molecule has 0 amide bonds. The average Bonchev–Trinajstić information content (AvgIpc) is 2.67. The molecule has 0 saturated carbocycles. The minimum atomic E-state index is -0.185. The van der Waals surface area contributed by atoms with Gasteiger partial charge in [-0.05, 0) is 43.0 Å². The normalized spacial score (nSPS) is 19.7. The Hall–Kier alpha value is -1.16. The van der Waals surface area contributed by atoms with Crippen LogP contribution in [-0.2, 0) is 6.42 Å². The van der Waals surface area contributed by atoms with E-state index in [0.717, 1.165) is 34.9 Å². The first-order valence-electron chi connectivity index (χ1n) is 5.42. The molecule has 1 aliphatic carbocycles. The molecule has 3 rings (SSSR count). The number of nitroso groups, excluding NO2 is 1. The molecule has 0 radical (unpaired) electrons. The van der Waals surface area contributed by atoms with Crippen molar-refractivity contribution in [2.45, 2.75) is 25.3 Å². The van der Waals surface area contributed by atoms with E-state index in [1.54, 1.807) is 0 Å². The summed E-state index contributed by atoms with van der Waals surface area (Å²) in [5, 5.41) is 4.43. The minimum Gasteiger partial charge on any atom is -0.356 e. The van der Waals surface area contributed by atoms with E-state index in [4.69, 9.17) is 0 Å². The molecule has 0 bridgehead atoms. The highest BCUT2D eigenvalue weighted by Gasteiger charge is 2.24. The number of benzene rings is 1. The van der Waals surface area contributed by atoms with E-state index in [2.05, 4.69) is 32.2 Å². The molecule has 1 atom stereocenters. The maximum Gasteiger partial charge on any atom is 0.132 e. The molecule has 2 aromatic rings. The van der Waals surface area contributed by atoms with Crippen LogP contribution in [0.3, 0.4) is 0 Å². The number of nitrogens with zero attached hydrogens (tertiary/aromatic N) is 1. The van der Waals surface area contributed by atoms with E-state index >= 15 is 0 Å². The molecule has 82 valence electrons. The van der Waals surface area contributed by atoms with Gasteiger partial charge in [0.25, 0.3) is 0 Å². The topological polar surface area (TPSA) is 45.2 Å². The molecular weight excluding hydrogens is 268 g/mol. The summed E-state index contributed by atoms with van der Waals surface area (Å²) in [5.41, 5.74) is 3.39. The molecule has 1 aliphatic rings. The lowest BCUT2D eigenvalue weighted by molar-refractivity contribution is 0.561. The number of halogens is 1. The second-order valence-electron chi connectivity index (χ2n) is 4.22. The summed E-state index contributed by atoms with van der Waals surface area (Å²) in [6.07, 6.45) is 2.95. The summed E-state index contributed by atoms with van der Waals surface area (Å²) < 4.78 is 1.07. The Bertz CT molecular complexity index is 561. The predicted molar refractivity (Wildman–Crippen MR) is 67.5 cm³/mol. The minimum absolute atomic E-state index is 0.185. The second-order valence-corrected chi connectivity index (χ2v) is 5.14. The van der Waals surface area contributed by atoms with Crippen LogP contribution in [0.15, 0.2) is 27.8 Å². The van der Waals surface area contributed by atoms with E-state index in [-0.39, 0.29) is 6.04 Å². The van der Waals surface area contributed by atoms with Crippen LogP contribution >= 0.6 is 15.9 Å². The Morgan fingerprint density at radius 2 is 2.31 bits per heavy atom. The maximum absolute atomic E-state index is 10.8. The molecule has 0 spiro atoms. The van der Waals surface area contributed by atoms with Crippen LogP contribution in [0.2, 0.25) is 0 Å². The van der Waals surface area contributed by atoms with Crippen molar-refractivity contribution in [2.75, 3.05) is 0 Å². The summed E-state index contributed by atoms with van der Waals surface area (Å²) in [5.74, 6) is 0. The maximum atomic E-state index is 10.8. The first-order valence-corrected chi connectivity index (χ1v) is 6.21. The zero-order valence-corrected chi connectivity index (χ0v) is 10.3. The van der Waals surface area contributed by atoms with Gasteiger partial charge in [0.05, 0.1) is 0 Å². The van der Waals surface area contributed by atoms with Crippen LogP contribution in [-0.4, -0.2) is 4.98 Å². The highest BCUT2D eigenvalue weighted by Crippen LogP contribution is 2.37. The van der Waals surface area contributed by atoms with Crippen LogP contribution in [0.25, 0.3) is 10.9 Å². The van der Waals surface area contributed by atoms with Gasteiger partial charge in [0, 0.05) is 21.1 Å². The van der Waals surface area contributed by atoms with Gasteiger partial charge in [0.2, 0.25) is 0 Å². The van der Waals surface area contributed by atoms with Crippen LogP contribution in [0.1, 0.15) is 30.1 Å². The van der Waals surface area contributed by atoms with Crippen molar-refractivity contribution in [1.29, 1.82) is 0 Å². The number of fused-ring (bicyclic) bond motifs is 3. The van der Waals surface area contributed by atoms with E-state index in [9.17, 15) is 4.91 Å². The SMILES string of the molecule is O=NC1CCCc2c1[nH]c1ccc(Br)cc21. The quantitative estimate of drug-likeness (QED) is 0.785. The highest BCUT2D eigenvalue weighted by atomic mass is 79.9. The van der Waals surface area contributed by atoms with Gasteiger partial charge in [-0.2, -0.15) is 4.91 Å². The average molecular weight is 279 g/mol. The lowest BCUT2D eigenvalue weighted by Gasteiger charge is -2.15. The number of nitrogens with one attached hydrogen (secondary N) is 1. The molecule has 0 fully saturated rings. The Morgan fingerprint density at radius 3 is 3.12 bits per heavy atom. The molecule has 1 unspecified atom stereocenters. The van der Waals surface area contributed by atoms with Crippen LogP contribution in [0, 0.1) is 4.91 Å². The number of aromatic nitrogens is 1. The number of aryl methyl sites for hydroxylation is 1. The van der Waals surface area contributed by atoms with E-state index in [1.807, 2.05) is 12.1 Å². The lowest BCUT2D eigenvalue weighted by Crippen LogP contribution is -2.06.